The smallest absolute Gasteiger partial charge is 0.261 e. The Kier molecular flexibility index (Phi) is 4.71. The van der Waals surface area contributed by atoms with Crippen molar-refractivity contribution in [1.29, 1.82) is 0 Å². The molecule has 0 radical (unpaired) electrons. The standard InChI is InChI=1S/C22H24ClNO3S/c1-22(2,3)14-4-10-20-18(12-14)19-13-16(7-11-21(19)27-20)24-28(25,26)17-8-5-15(23)6-9-17/h5-9,11,13-14,24H,4,10,12H2,1-3H3/t14-/m0/s1. The molecule has 0 unspecified atom stereocenters. The van der Waals surface area contributed by atoms with E-state index in [0.717, 1.165) is 36.0 Å². The van der Waals surface area contributed by atoms with Gasteiger partial charge >= 0.3 is 0 Å². The Morgan fingerprint density at radius 2 is 1.82 bits per heavy atom. The van der Waals surface area contributed by atoms with Crippen molar-refractivity contribution in [3.05, 3.63) is 58.8 Å². The van der Waals surface area contributed by atoms with Crippen LogP contribution in [-0.2, 0) is 22.9 Å². The average Bonchev–Trinajstić information content (AvgIpc) is 2.98. The Morgan fingerprint density at radius 3 is 2.50 bits per heavy atom. The maximum absolute atomic E-state index is 12.7. The van der Waals surface area contributed by atoms with Gasteiger partial charge in [0.1, 0.15) is 11.3 Å². The van der Waals surface area contributed by atoms with Crippen molar-refractivity contribution < 1.29 is 12.8 Å². The van der Waals surface area contributed by atoms with Crippen LogP contribution in [0, 0.1) is 11.3 Å². The number of rotatable bonds is 3. The summed E-state index contributed by atoms with van der Waals surface area (Å²) in [7, 11) is -3.68. The summed E-state index contributed by atoms with van der Waals surface area (Å²) in [4.78, 5) is 0.180. The summed E-state index contributed by atoms with van der Waals surface area (Å²) >= 11 is 5.86. The molecule has 148 valence electrons. The molecule has 28 heavy (non-hydrogen) atoms. The van der Waals surface area contributed by atoms with Crippen LogP contribution in [0.3, 0.4) is 0 Å². The summed E-state index contributed by atoms with van der Waals surface area (Å²) in [5.41, 5.74) is 2.79. The number of fused-ring (bicyclic) bond motifs is 3. The van der Waals surface area contributed by atoms with E-state index in [1.807, 2.05) is 12.1 Å². The third-order valence-electron chi connectivity index (χ3n) is 5.65. The average molecular weight is 418 g/mol. The van der Waals surface area contributed by atoms with Crippen LogP contribution in [0.1, 0.15) is 38.5 Å². The summed E-state index contributed by atoms with van der Waals surface area (Å²) < 4.78 is 34.1. The van der Waals surface area contributed by atoms with E-state index in [4.69, 9.17) is 16.0 Å². The highest BCUT2D eigenvalue weighted by molar-refractivity contribution is 7.92. The minimum absolute atomic E-state index is 0.180. The van der Waals surface area contributed by atoms with Gasteiger partial charge in [-0.25, -0.2) is 8.42 Å². The zero-order chi connectivity index (χ0) is 20.1. The molecule has 0 saturated carbocycles. The molecule has 2 aromatic carbocycles. The minimum atomic E-state index is -3.68. The Balaban J connectivity index is 1.68. The van der Waals surface area contributed by atoms with Crippen LogP contribution in [0.15, 0.2) is 51.8 Å². The highest BCUT2D eigenvalue weighted by Crippen LogP contribution is 2.41. The fourth-order valence-electron chi connectivity index (χ4n) is 3.91. The second-order valence-electron chi connectivity index (χ2n) is 8.58. The van der Waals surface area contributed by atoms with Crippen LogP contribution in [-0.4, -0.2) is 8.42 Å². The van der Waals surface area contributed by atoms with Gasteiger partial charge in [0.2, 0.25) is 0 Å². The van der Waals surface area contributed by atoms with E-state index < -0.39 is 10.0 Å². The quantitative estimate of drug-likeness (QED) is 0.565. The lowest BCUT2D eigenvalue weighted by Crippen LogP contribution is -2.26. The molecule has 0 fully saturated rings. The third-order valence-corrected chi connectivity index (χ3v) is 7.29. The number of halogens is 1. The van der Waals surface area contributed by atoms with Crippen LogP contribution in [0.25, 0.3) is 11.0 Å². The molecule has 6 heteroatoms. The largest absolute Gasteiger partial charge is 0.461 e. The molecule has 1 heterocycles. The van der Waals surface area contributed by atoms with E-state index in [-0.39, 0.29) is 10.3 Å². The Bertz CT molecular complexity index is 1130. The molecule has 1 N–H and O–H groups in total. The SMILES string of the molecule is CC(C)(C)[C@H]1CCc2oc3ccc(NS(=O)(=O)c4ccc(Cl)cc4)cc3c2C1. The van der Waals surface area contributed by atoms with Crippen molar-refractivity contribution in [2.24, 2.45) is 11.3 Å². The lowest BCUT2D eigenvalue weighted by Gasteiger charge is -2.33. The zero-order valence-electron chi connectivity index (χ0n) is 16.3. The number of hydrogen-bond acceptors (Lipinski definition) is 3. The molecule has 0 bridgehead atoms. The van der Waals surface area contributed by atoms with E-state index in [1.165, 1.54) is 17.7 Å². The molecular formula is C22H24ClNO3S. The number of furan rings is 1. The summed E-state index contributed by atoms with van der Waals surface area (Å²) in [5, 5.41) is 1.50. The van der Waals surface area contributed by atoms with Crippen molar-refractivity contribution in [3.8, 4) is 0 Å². The predicted molar refractivity (Wildman–Crippen MR) is 113 cm³/mol. The van der Waals surface area contributed by atoms with Gasteiger partial charge in [-0.3, -0.25) is 4.72 Å². The molecule has 3 aromatic rings. The van der Waals surface area contributed by atoms with Crippen LogP contribution in [0.5, 0.6) is 0 Å². The number of nitrogens with one attached hydrogen (secondary N) is 1. The fraction of sp³-hybridized carbons (Fsp3) is 0.364. The van der Waals surface area contributed by atoms with Crippen LogP contribution < -0.4 is 4.72 Å². The van der Waals surface area contributed by atoms with Crippen molar-refractivity contribution >= 4 is 38.3 Å². The van der Waals surface area contributed by atoms with Gasteiger partial charge in [-0.05, 0) is 66.6 Å². The van der Waals surface area contributed by atoms with E-state index in [0.29, 0.717) is 16.6 Å². The molecular weight excluding hydrogens is 394 g/mol. The van der Waals surface area contributed by atoms with Gasteiger partial charge < -0.3 is 4.42 Å². The summed E-state index contributed by atoms with van der Waals surface area (Å²) in [6.45, 7) is 6.82. The van der Waals surface area contributed by atoms with Crippen molar-refractivity contribution in [3.63, 3.8) is 0 Å². The minimum Gasteiger partial charge on any atom is -0.461 e. The van der Waals surface area contributed by atoms with Crippen LogP contribution in [0.2, 0.25) is 5.02 Å². The number of hydrogen-bond donors (Lipinski definition) is 1. The molecule has 0 spiro atoms. The first-order valence-electron chi connectivity index (χ1n) is 9.46. The number of sulfonamides is 1. The summed E-state index contributed by atoms with van der Waals surface area (Å²) in [6, 6.07) is 11.6. The molecule has 0 amide bonds. The van der Waals surface area contributed by atoms with E-state index in [2.05, 4.69) is 25.5 Å². The summed E-state index contributed by atoms with van der Waals surface area (Å²) in [6.07, 6.45) is 3.00. The fourth-order valence-corrected chi connectivity index (χ4v) is 5.08. The van der Waals surface area contributed by atoms with Gasteiger partial charge in [0, 0.05) is 28.1 Å². The van der Waals surface area contributed by atoms with E-state index in [9.17, 15) is 8.42 Å². The Hall–Kier alpha value is -1.98. The molecule has 0 saturated heterocycles. The van der Waals surface area contributed by atoms with E-state index >= 15 is 0 Å². The van der Waals surface area contributed by atoms with Gasteiger partial charge in [0.25, 0.3) is 10.0 Å². The number of aryl methyl sites for hydroxylation is 1. The van der Waals surface area contributed by atoms with Crippen molar-refractivity contribution in [2.45, 2.75) is 44.9 Å². The molecule has 1 aliphatic carbocycles. The lowest BCUT2D eigenvalue weighted by molar-refractivity contribution is 0.210. The third kappa shape index (κ3) is 3.65. The first-order valence-corrected chi connectivity index (χ1v) is 11.3. The maximum atomic E-state index is 12.7. The highest BCUT2D eigenvalue weighted by Gasteiger charge is 2.31. The first kappa shape index (κ1) is 19.3. The molecule has 4 rings (SSSR count). The van der Waals surface area contributed by atoms with E-state index in [1.54, 1.807) is 18.2 Å². The van der Waals surface area contributed by atoms with Crippen molar-refractivity contribution in [1.82, 2.24) is 0 Å². The molecule has 4 nitrogen and oxygen atoms in total. The highest BCUT2D eigenvalue weighted by atomic mass is 35.5. The first-order chi connectivity index (χ1) is 13.1. The number of anilines is 1. The second-order valence-corrected chi connectivity index (χ2v) is 10.7. The monoisotopic (exact) mass is 417 g/mol. The maximum Gasteiger partial charge on any atom is 0.261 e. The molecule has 0 aliphatic heterocycles. The van der Waals surface area contributed by atoms with Crippen molar-refractivity contribution in [2.75, 3.05) is 4.72 Å². The van der Waals surface area contributed by atoms with Gasteiger partial charge in [0.05, 0.1) is 4.90 Å². The zero-order valence-corrected chi connectivity index (χ0v) is 17.8. The Morgan fingerprint density at radius 1 is 1.11 bits per heavy atom. The normalized spacial score (nSPS) is 17.5. The van der Waals surface area contributed by atoms with Gasteiger partial charge in [-0.15, -0.1) is 0 Å². The Labute approximate surface area is 170 Å². The second kappa shape index (κ2) is 6.82. The lowest BCUT2D eigenvalue weighted by atomic mass is 9.71. The summed E-state index contributed by atoms with van der Waals surface area (Å²) in [5.74, 6) is 1.61. The van der Waals surface area contributed by atoms with Gasteiger partial charge in [-0.1, -0.05) is 32.4 Å². The number of benzene rings is 2. The molecule has 1 aliphatic rings. The predicted octanol–water partition coefficient (Wildman–Crippen LogP) is 6.04. The van der Waals surface area contributed by atoms with Gasteiger partial charge in [-0.2, -0.15) is 0 Å². The molecule has 1 atom stereocenters. The van der Waals surface area contributed by atoms with Gasteiger partial charge in [0.15, 0.2) is 0 Å². The van der Waals surface area contributed by atoms with Crippen LogP contribution in [0.4, 0.5) is 5.69 Å². The topological polar surface area (TPSA) is 59.3 Å². The molecule has 1 aromatic heterocycles. The van der Waals surface area contributed by atoms with Crippen LogP contribution >= 0.6 is 11.6 Å².